The number of nitrogens with one attached hydrogen (secondary N) is 1. The number of hydrogen-bond donors (Lipinski definition) is 1. The van der Waals surface area contributed by atoms with Gasteiger partial charge in [-0.25, -0.2) is 4.79 Å². The summed E-state index contributed by atoms with van der Waals surface area (Å²) in [7, 11) is 1.54. The lowest BCUT2D eigenvalue weighted by Gasteiger charge is -2.16. The van der Waals surface area contributed by atoms with E-state index in [2.05, 4.69) is 5.32 Å². The quantitative estimate of drug-likeness (QED) is 0.722. The Morgan fingerprint density at radius 1 is 1.12 bits per heavy atom. The number of methoxy groups -OCH3 is 1. The van der Waals surface area contributed by atoms with Gasteiger partial charge in [-0.15, -0.1) is 0 Å². The third-order valence-corrected chi connectivity index (χ3v) is 3.64. The van der Waals surface area contributed by atoms with E-state index in [1.165, 1.54) is 13.2 Å². The van der Waals surface area contributed by atoms with E-state index >= 15 is 0 Å². The molecule has 0 aliphatic rings. The van der Waals surface area contributed by atoms with Crippen molar-refractivity contribution < 1.29 is 18.7 Å². The third kappa shape index (κ3) is 3.80. The van der Waals surface area contributed by atoms with Gasteiger partial charge in [-0.1, -0.05) is 12.1 Å². The van der Waals surface area contributed by atoms with Crippen molar-refractivity contribution in [2.45, 2.75) is 13.0 Å². The fourth-order valence-electron chi connectivity index (χ4n) is 2.35. The summed E-state index contributed by atoms with van der Waals surface area (Å²) >= 11 is 0. The Labute approximate surface area is 144 Å². The number of carbonyl (C=O) groups excluding carboxylic acids is 1. The fraction of sp³-hybridized carbons (Fsp3) is 0.158. The highest BCUT2D eigenvalue weighted by atomic mass is 16.5. The summed E-state index contributed by atoms with van der Waals surface area (Å²) in [6.07, 6.45) is -0.752. The number of amides is 1. The summed E-state index contributed by atoms with van der Waals surface area (Å²) in [4.78, 5) is 23.6. The Bertz CT molecular complexity index is 963. The Hall–Kier alpha value is -3.28. The summed E-state index contributed by atoms with van der Waals surface area (Å²) in [5.41, 5.74) is 0.531. The topological polar surface area (TPSA) is 77.8 Å². The molecule has 0 bridgehead atoms. The van der Waals surface area contributed by atoms with Crippen molar-refractivity contribution in [1.29, 1.82) is 0 Å². The van der Waals surface area contributed by atoms with Gasteiger partial charge in [0.1, 0.15) is 17.1 Å². The van der Waals surface area contributed by atoms with Crippen LogP contribution in [0.2, 0.25) is 0 Å². The van der Waals surface area contributed by atoms with Crippen molar-refractivity contribution in [3.05, 3.63) is 65.0 Å². The minimum Gasteiger partial charge on any atom is -0.495 e. The van der Waals surface area contributed by atoms with Crippen LogP contribution >= 0.6 is 0 Å². The maximum atomic E-state index is 12.3. The second-order valence-electron chi connectivity index (χ2n) is 5.40. The minimum atomic E-state index is -0.752. The molecule has 3 rings (SSSR count). The van der Waals surface area contributed by atoms with Gasteiger partial charge in [0.05, 0.1) is 12.8 Å². The van der Waals surface area contributed by atoms with Gasteiger partial charge < -0.3 is 19.2 Å². The molecule has 1 N–H and O–H groups in total. The molecule has 0 spiro atoms. The fourth-order valence-corrected chi connectivity index (χ4v) is 2.35. The van der Waals surface area contributed by atoms with Gasteiger partial charge in [0, 0.05) is 17.5 Å². The van der Waals surface area contributed by atoms with Crippen LogP contribution < -0.4 is 20.4 Å². The van der Waals surface area contributed by atoms with E-state index in [4.69, 9.17) is 13.9 Å². The minimum absolute atomic E-state index is 0.320. The van der Waals surface area contributed by atoms with Crippen LogP contribution in [-0.4, -0.2) is 19.1 Å². The molecule has 1 heterocycles. The molecule has 2 aromatic carbocycles. The Kier molecular flexibility index (Phi) is 4.70. The molecule has 1 amide bonds. The summed E-state index contributed by atoms with van der Waals surface area (Å²) in [5.74, 6) is 0.680. The molecule has 0 aliphatic carbocycles. The van der Waals surface area contributed by atoms with Crippen LogP contribution in [0.15, 0.2) is 63.8 Å². The van der Waals surface area contributed by atoms with Crippen LogP contribution in [0.3, 0.4) is 0 Å². The molecular weight excluding hydrogens is 322 g/mol. The Morgan fingerprint density at radius 2 is 1.88 bits per heavy atom. The normalized spacial score (nSPS) is 11.8. The van der Waals surface area contributed by atoms with Crippen molar-refractivity contribution in [1.82, 2.24) is 0 Å². The van der Waals surface area contributed by atoms with E-state index in [0.717, 1.165) is 5.39 Å². The molecule has 25 heavy (non-hydrogen) atoms. The lowest BCUT2D eigenvalue weighted by molar-refractivity contribution is -0.122. The van der Waals surface area contributed by atoms with Crippen LogP contribution in [0.25, 0.3) is 11.0 Å². The van der Waals surface area contributed by atoms with E-state index in [1.54, 1.807) is 49.4 Å². The first-order chi connectivity index (χ1) is 12.1. The van der Waals surface area contributed by atoms with Gasteiger partial charge in [0.2, 0.25) is 0 Å². The van der Waals surface area contributed by atoms with Crippen LogP contribution in [0.4, 0.5) is 5.69 Å². The second kappa shape index (κ2) is 7.09. The molecular formula is C19H17NO5. The molecule has 0 fully saturated rings. The predicted molar refractivity (Wildman–Crippen MR) is 94.2 cm³/mol. The van der Waals surface area contributed by atoms with E-state index < -0.39 is 11.7 Å². The number of hydrogen-bond acceptors (Lipinski definition) is 5. The van der Waals surface area contributed by atoms with Gasteiger partial charge in [-0.3, -0.25) is 4.79 Å². The molecule has 0 saturated carbocycles. The van der Waals surface area contributed by atoms with Gasteiger partial charge in [0.15, 0.2) is 6.10 Å². The smallest absolute Gasteiger partial charge is 0.336 e. The van der Waals surface area contributed by atoms with E-state index in [-0.39, 0.29) is 5.91 Å². The first-order valence-electron chi connectivity index (χ1n) is 7.71. The molecule has 6 nitrogen and oxygen atoms in total. The van der Waals surface area contributed by atoms with Crippen molar-refractivity contribution in [3.63, 3.8) is 0 Å². The molecule has 128 valence electrons. The second-order valence-corrected chi connectivity index (χ2v) is 5.40. The molecule has 1 unspecified atom stereocenters. The summed E-state index contributed by atoms with van der Waals surface area (Å²) in [6.45, 7) is 1.64. The molecule has 1 aromatic heterocycles. The zero-order valence-corrected chi connectivity index (χ0v) is 13.8. The first-order valence-corrected chi connectivity index (χ1v) is 7.71. The maximum absolute atomic E-state index is 12.3. The Morgan fingerprint density at radius 3 is 2.68 bits per heavy atom. The van der Waals surface area contributed by atoms with Crippen LogP contribution in [-0.2, 0) is 4.79 Å². The van der Waals surface area contributed by atoms with Crippen molar-refractivity contribution in [2.24, 2.45) is 0 Å². The summed E-state index contributed by atoms with van der Waals surface area (Å²) in [5, 5.41) is 3.54. The average Bonchev–Trinajstić information content (AvgIpc) is 2.61. The van der Waals surface area contributed by atoms with Crippen LogP contribution in [0.1, 0.15) is 6.92 Å². The average molecular weight is 339 g/mol. The standard InChI is InChI=1S/C19H17NO5/c1-12(19(22)20-15-5-3-4-6-16(15)23-2)24-14-9-7-13-8-10-18(21)25-17(13)11-14/h3-12H,1-2H3,(H,20,22). The van der Waals surface area contributed by atoms with Gasteiger partial charge in [0.25, 0.3) is 5.91 Å². The Balaban J connectivity index is 1.74. The number of anilines is 1. The molecule has 0 aliphatic heterocycles. The lowest BCUT2D eigenvalue weighted by atomic mass is 10.2. The molecule has 3 aromatic rings. The SMILES string of the molecule is COc1ccccc1NC(=O)C(C)Oc1ccc2ccc(=O)oc2c1. The number of fused-ring (bicyclic) bond motifs is 1. The van der Waals surface area contributed by atoms with E-state index in [9.17, 15) is 9.59 Å². The van der Waals surface area contributed by atoms with Crippen LogP contribution in [0.5, 0.6) is 11.5 Å². The molecule has 1 atom stereocenters. The summed E-state index contributed by atoms with van der Waals surface area (Å²) < 4.78 is 16.0. The highest BCUT2D eigenvalue weighted by Gasteiger charge is 2.17. The van der Waals surface area contributed by atoms with Crippen molar-refractivity contribution in [2.75, 3.05) is 12.4 Å². The number of para-hydroxylation sites is 2. The molecule has 6 heteroatoms. The lowest BCUT2D eigenvalue weighted by Crippen LogP contribution is -2.30. The molecule has 0 radical (unpaired) electrons. The highest BCUT2D eigenvalue weighted by Crippen LogP contribution is 2.24. The van der Waals surface area contributed by atoms with Crippen molar-refractivity contribution in [3.8, 4) is 11.5 Å². The largest absolute Gasteiger partial charge is 0.495 e. The van der Waals surface area contributed by atoms with Crippen molar-refractivity contribution >= 4 is 22.6 Å². The number of rotatable bonds is 5. The highest BCUT2D eigenvalue weighted by molar-refractivity contribution is 5.95. The molecule has 0 saturated heterocycles. The van der Waals surface area contributed by atoms with Gasteiger partial charge in [-0.05, 0) is 37.3 Å². The monoisotopic (exact) mass is 339 g/mol. The number of carbonyl (C=O) groups is 1. The van der Waals surface area contributed by atoms with E-state index in [1.807, 2.05) is 6.07 Å². The number of ether oxygens (including phenoxy) is 2. The third-order valence-electron chi connectivity index (χ3n) is 3.64. The maximum Gasteiger partial charge on any atom is 0.336 e. The van der Waals surface area contributed by atoms with Gasteiger partial charge in [-0.2, -0.15) is 0 Å². The van der Waals surface area contributed by atoms with E-state index in [0.29, 0.717) is 22.8 Å². The zero-order valence-electron chi connectivity index (χ0n) is 13.8. The predicted octanol–water partition coefficient (Wildman–Crippen LogP) is 3.21. The zero-order chi connectivity index (χ0) is 17.8. The summed E-state index contributed by atoms with van der Waals surface area (Å²) in [6, 6.07) is 15.2. The first kappa shape index (κ1) is 16.6. The number of benzene rings is 2. The van der Waals surface area contributed by atoms with Crippen LogP contribution in [0, 0.1) is 0 Å². The van der Waals surface area contributed by atoms with Gasteiger partial charge >= 0.3 is 5.63 Å².